The summed E-state index contributed by atoms with van der Waals surface area (Å²) in [6.45, 7) is -4.81. The van der Waals surface area contributed by atoms with E-state index in [0.717, 1.165) is 113 Å². The maximum atomic E-state index is 9.64. The number of benzene rings is 4. The van der Waals surface area contributed by atoms with Gasteiger partial charge in [-0.25, -0.2) is 4.98 Å². The van der Waals surface area contributed by atoms with Crippen LogP contribution in [-0.4, -0.2) is 19.9 Å². The van der Waals surface area contributed by atoms with Crippen molar-refractivity contribution < 1.29 is 14.0 Å². The first-order chi connectivity index (χ1) is 38.5. The topological polar surface area (TPSA) is 64.7 Å². The van der Waals surface area contributed by atoms with Crippen LogP contribution in [0.25, 0.3) is 67.0 Å². The summed E-state index contributed by atoms with van der Waals surface area (Å²) < 4.78 is 66.8. The predicted molar refractivity (Wildman–Crippen MR) is 298 cm³/mol. The number of hydrogen-bond acceptors (Lipinski definition) is 5. The Morgan fingerprint density at radius 3 is 1.81 bits per heavy atom. The second-order valence-electron chi connectivity index (χ2n) is 22.8. The third-order valence-electron chi connectivity index (χ3n) is 17.8. The van der Waals surface area contributed by atoms with E-state index in [1.54, 1.807) is 12.1 Å². The van der Waals surface area contributed by atoms with E-state index in [2.05, 4.69) is 102 Å². The molecule has 4 bridgehead atoms. The second-order valence-corrected chi connectivity index (χ2v) is 22.8. The molecule has 5 aliphatic carbocycles. The Morgan fingerprint density at radius 2 is 1.19 bits per heavy atom. The smallest absolute Gasteiger partial charge is 0.227 e. The molecule has 5 saturated carbocycles. The van der Waals surface area contributed by atoms with Crippen LogP contribution in [0.4, 0.5) is 0 Å². The lowest BCUT2D eigenvalue weighted by Crippen LogP contribution is -2.57. The third-order valence-corrected chi connectivity index (χ3v) is 17.8. The molecule has 5 nitrogen and oxygen atoms in total. The lowest BCUT2D eigenvalue weighted by molar-refractivity contribution is -0.166. The van der Waals surface area contributed by atoms with E-state index in [0.29, 0.717) is 35.6 Å². The maximum Gasteiger partial charge on any atom is 0.227 e. The molecule has 2 atom stereocenters. The first-order valence-electron chi connectivity index (χ1n) is 30.5. The molecule has 0 spiro atoms. The number of para-hydroxylation sites is 1. The molecule has 9 aromatic rings. The summed E-state index contributed by atoms with van der Waals surface area (Å²) in [5.74, 6) is -0.310. The van der Waals surface area contributed by atoms with E-state index < -0.39 is 19.6 Å². The molecule has 4 aromatic carbocycles. The summed E-state index contributed by atoms with van der Waals surface area (Å²) in [6.07, 6.45) is 23.8. The molecule has 0 N–H and O–H groups in total. The monoisotopic (exact) mass is 964 g/mol. The number of aromatic nitrogens is 4. The Morgan fingerprint density at radius 1 is 0.548 bits per heavy atom. The molecule has 73 heavy (non-hydrogen) atoms. The Kier molecular flexibility index (Phi) is 10.1. The first-order valence-corrected chi connectivity index (χ1v) is 27.0. The van der Waals surface area contributed by atoms with Gasteiger partial charge in [0.1, 0.15) is 5.58 Å². The van der Waals surface area contributed by atoms with Crippen molar-refractivity contribution in [3.63, 3.8) is 0 Å². The van der Waals surface area contributed by atoms with Crippen molar-refractivity contribution in [3.8, 4) is 44.9 Å². The largest absolute Gasteiger partial charge is 0.437 e. The Balaban J connectivity index is 0.861. The lowest BCUT2D eigenvalue weighted by atomic mass is 9.37. The van der Waals surface area contributed by atoms with Gasteiger partial charge in [0.2, 0.25) is 5.71 Å². The molecule has 2 unspecified atom stereocenters. The molecule has 5 aromatic heterocycles. The van der Waals surface area contributed by atoms with Crippen molar-refractivity contribution in [2.45, 2.75) is 129 Å². The molecule has 0 amide bonds. The van der Waals surface area contributed by atoms with E-state index in [9.17, 15) is 1.37 Å². The highest BCUT2D eigenvalue weighted by molar-refractivity contribution is 6.08. The zero-order valence-corrected chi connectivity index (χ0v) is 41.8. The number of rotatable bonds is 14. The van der Waals surface area contributed by atoms with E-state index >= 15 is 0 Å². The van der Waals surface area contributed by atoms with Crippen LogP contribution in [0.15, 0.2) is 163 Å². The van der Waals surface area contributed by atoms with Gasteiger partial charge >= 0.3 is 0 Å². The van der Waals surface area contributed by atoms with Crippen LogP contribution in [0.5, 0.6) is 0 Å². The van der Waals surface area contributed by atoms with Crippen LogP contribution in [0.2, 0.25) is 0 Å². The molecule has 0 radical (unpaired) electrons. The normalized spacial score (nSPS) is 24.8. The van der Waals surface area contributed by atoms with Crippen molar-refractivity contribution in [3.05, 3.63) is 192 Å². The van der Waals surface area contributed by atoms with Crippen LogP contribution in [0.3, 0.4) is 0 Å². The van der Waals surface area contributed by atoms with E-state index in [1.165, 1.54) is 49.7 Å². The van der Waals surface area contributed by atoms with Gasteiger partial charge in [0.15, 0.2) is 0 Å². The molecule has 14 rings (SSSR count). The molecule has 5 heterocycles. The summed E-state index contributed by atoms with van der Waals surface area (Å²) in [7, 11) is 0. The van der Waals surface area contributed by atoms with Gasteiger partial charge in [0.25, 0.3) is 0 Å². The third kappa shape index (κ3) is 9.12. The summed E-state index contributed by atoms with van der Waals surface area (Å²) in [5, 5.41) is 1.53. The lowest BCUT2D eigenvalue weighted by Gasteiger charge is -2.67. The molecule has 5 aliphatic rings. The first kappa shape index (κ1) is 38.8. The van der Waals surface area contributed by atoms with Crippen molar-refractivity contribution in [1.29, 1.82) is 0 Å². The summed E-state index contributed by atoms with van der Waals surface area (Å²) in [6, 6.07) is 46.9. The quantitative estimate of drug-likeness (QED) is 0.109. The fraction of sp³-hybridized carbons (Fsp3) is 0.353. The second kappa shape index (κ2) is 19.0. The Labute approximate surface area is 441 Å². The molecular formula is C68H68N4O. The summed E-state index contributed by atoms with van der Waals surface area (Å²) in [5.41, 5.74) is 13.2. The van der Waals surface area contributed by atoms with Gasteiger partial charge in [-0.15, -0.1) is 0 Å². The van der Waals surface area contributed by atoms with E-state index in [1.807, 2.05) is 48.7 Å². The SMILES string of the molecule is [2H]C([2H])([2H])c1ccc2c(n1)oc1c(-c3cc(-c4ccc(C5([2H])CCCCC5)c(C([2H])([2H])[2H])c4)c(CCC45CC6CC(CCc7ccc(-c8ccccc8)nc7)(CC(CCc7ccc(-c8ccccc8)nc7)(C6)C4)C5)cn3)cccc12. The molecule has 5 fully saturated rings. The number of nitrogens with zero attached hydrogens (tertiary/aromatic N) is 4. The van der Waals surface area contributed by atoms with Crippen LogP contribution < -0.4 is 0 Å². The Bertz CT molecular complexity index is 3620. The zero-order chi connectivity index (χ0) is 54.9. The van der Waals surface area contributed by atoms with Crippen LogP contribution >= 0.6 is 0 Å². The fourth-order valence-electron chi connectivity index (χ4n) is 15.1. The molecule has 0 saturated heterocycles. The van der Waals surface area contributed by atoms with Crippen LogP contribution in [-0.2, 0) is 19.3 Å². The molecule has 5 heteroatoms. The van der Waals surface area contributed by atoms with Gasteiger partial charge in [-0.3, -0.25) is 15.0 Å². The molecular weight excluding hydrogens is 889 g/mol. The maximum absolute atomic E-state index is 9.64. The van der Waals surface area contributed by atoms with Crippen molar-refractivity contribution in [1.82, 2.24) is 19.9 Å². The van der Waals surface area contributed by atoms with Crippen LogP contribution in [0.1, 0.15) is 139 Å². The zero-order valence-electron chi connectivity index (χ0n) is 48.8. The summed E-state index contributed by atoms with van der Waals surface area (Å²) in [4.78, 5) is 19.6. The number of aryl methyl sites for hydroxylation is 5. The van der Waals surface area contributed by atoms with Gasteiger partial charge in [-0.1, -0.05) is 122 Å². The number of fused-ring (bicyclic) bond motifs is 3. The molecule has 366 valence electrons. The summed E-state index contributed by atoms with van der Waals surface area (Å²) >= 11 is 0. The molecule has 0 aliphatic heterocycles. The number of hydrogen-bond donors (Lipinski definition) is 0. The standard InChI is InChI=1S/C68H68N4O/c1-46-35-54(24-26-56(46)51-13-6-3-7-14-51)60-36-63(59-20-12-19-57-58-25-21-47(2)72-65(58)73-64(57)59)71-42-55(60)31-34-68-39-50-37-66(44-68,32-29-48-22-27-61(69-40-48)52-15-8-4-9-16-52)43-67(38-50,45-68)33-30-49-23-28-62(70-41-49)53-17-10-5-11-18-53/h4-5,8-12,15-28,35-36,40-42,50-51H,3,6-7,13-14,29-34,37-39,43-45H2,1-2H3/i1D3,2D3,51D. The van der Waals surface area contributed by atoms with Crippen molar-refractivity contribution in [2.24, 2.45) is 22.2 Å². The van der Waals surface area contributed by atoms with Gasteiger partial charge in [0.05, 0.1) is 17.1 Å². The van der Waals surface area contributed by atoms with Gasteiger partial charge < -0.3 is 4.42 Å². The average Bonchev–Trinajstić information content (AvgIpc) is 3.94. The predicted octanol–water partition coefficient (Wildman–Crippen LogP) is 17.7. The number of pyridine rings is 4. The van der Waals surface area contributed by atoms with Gasteiger partial charge in [-0.2, -0.15) is 0 Å². The minimum atomic E-state index is -2.42. The highest BCUT2D eigenvalue weighted by Gasteiger charge is 2.62. The minimum Gasteiger partial charge on any atom is -0.437 e. The van der Waals surface area contributed by atoms with Gasteiger partial charge in [0, 0.05) is 61.3 Å². The number of furan rings is 1. The van der Waals surface area contributed by atoms with Gasteiger partial charge in [-0.05, 0) is 207 Å². The average molecular weight is 964 g/mol. The van der Waals surface area contributed by atoms with Crippen molar-refractivity contribution in [2.75, 3.05) is 0 Å². The highest BCUT2D eigenvalue weighted by Crippen LogP contribution is 2.73. The van der Waals surface area contributed by atoms with E-state index in [4.69, 9.17) is 27.6 Å². The van der Waals surface area contributed by atoms with Crippen LogP contribution in [0, 0.1) is 35.9 Å². The minimum absolute atomic E-state index is 0.0281. The van der Waals surface area contributed by atoms with E-state index in [-0.39, 0.29) is 33.2 Å². The van der Waals surface area contributed by atoms with Crippen molar-refractivity contribution >= 4 is 22.1 Å². The highest BCUT2D eigenvalue weighted by atomic mass is 16.3. The fourth-order valence-corrected chi connectivity index (χ4v) is 15.1. The Hall–Kier alpha value is -6.72.